The maximum absolute atomic E-state index is 5.22. The number of rotatable bonds is 3. The molecular formula is C13H9N7O. The van der Waals surface area contributed by atoms with E-state index in [9.17, 15) is 0 Å². The second-order valence-electron chi connectivity index (χ2n) is 4.27. The largest absolute Gasteiger partial charge is 0.333 e. The van der Waals surface area contributed by atoms with Gasteiger partial charge < -0.3 is 4.52 Å². The van der Waals surface area contributed by atoms with E-state index in [1.807, 2.05) is 36.5 Å². The van der Waals surface area contributed by atoms with Gasteiger partial charge in [-0.1, -0.05) is 23.4 Å². The number of nitrogens with zero attached hydrogens (tertiary/aromatic N) is 6. The van der Waals surface area contributed by atoms with Crippen LogP contribution in [-0.2, 0) is 0 Å². The van der Waals surface area contributed by atoms with E-state index in [1.165, 1.54) is 6.33 Å². The van der Waals surface area contributed by atoms with Gasteiger partial charge in [0, 0.05) is 6.20 Å². The Morgan fingerprint density at radius 2 is 2.05 bits per heavy atom. The minimum Gasteiger partial charge on any atom is -0.333 e. The zero-order chi connectivity index (χ0) is 14.1. The number of hydrogen-bond donors (Lipinski definition) is 1. The summed E-state index contributed by atoms with van der Waals surface area (Å²) in [6.45, 7) is 0. The number of aromatic nitrogens is 7. The molecule has 4 aromatic rings. The third-order valence-corrected chi connectivity index (χ3v) is 2.90. The van der Waals surface area contributed by atoms with E-state index in [0.29, 0.717) is 17.5 Å². The van der Waals surface area contributed by atoms with Gasteiger partial charge in [-0.25, -0.2) is 9.67 Å². The molecule has 0 aliphatic carbocycles. The molecule has 0 bridgehead atoms. The van der Waals surface area contributed by atoms with Crippen LogP contribution in [0.2, 0.25) is 0 Å². The van der Waals surface area contributed by atoms with Gasteiger partial charge in [-0.05, 0) is 12.1 Å². The number of nitrogens with one attached hydrogen (secondary N) is 1. The van der Waals surface area contributed by atoms with Crippen molar-refractivity contribution in [3.8, 4) is 28.8 Å². The quantitative estimate of drug-likeness (QED) is 0.613. The number of H-pyrrole nitrogens is 1. The Morgan fingerprint density at radius 1 is 1.14 bits per heavy atom. The van der Waals surface area contributed by atoms with Crippen molar-refractivity contribution in [3.05, 3.63) is 49.1 Å². The van der Waals surface area contributed by atoms with Gasteiger partial charge in [-0.3, -0.25) is 5.10 Å². The lowest BCUT2D eigenvalue weighted by molar-refractivity contribution is 0.432. The molecule has 0 amide bonds. The Morgan fingerprint density at radius 3 is 2.86 bits per heavy atom. The van der Waals surface area contributed by atoms with Crippen molar-refractivity contribution < 1.29 is 4.52 Å². The molecule has 0 saturated carbocycles. The van der Waals surface area contributed by atoms with Gasteiger partial charge in [0.25, 0.3) is 5.89 Å². The van der Waals surface area contributed by atoms with Crippen LogP contribution >= 0.6 is 0 Å². The molecule has 21 heavy (non-hydrogen) atoms. The lowest BCUT2D eigenvalue weighted by Gasteiger charge is -1.98. The highest BCUT2D eigenvalue weighted by Gasteiger charge is 2.14. The third kappa shape index (κ3) is 2.08. The molecule has 0 atom stereocenters. The number of aromatic amines is 1. The fourth-order valence-electron chi connectivity index (χ4n) is 1.91. The first kappa shape index (κ1) is 11.5. The number of para-hydroxylation sites is 1. The molecule has 8 heteroatoms. The smallest absolute Gasteiger partial charge is 0.261 e. The van der Waals surface area contributed by atoms with Crippen molar-refractivity contribution in [1.82, 2.24) is 35.1 Å². The predicted molar refractivity (Wildman–Crippen MR) is 72.2 cm³/mol. The van der Waals surface area contributed by atoms with E-state index in [2.05, 4.69) is 30.4 Å². The van der Waals surface area contributed by atoms with E-state index >= 15 is 0 Å². The molecular weight excluding hydrogens is 270 g/mol. The molecule has 0 aliphatic heterocycles. The zero-order valence-electron chi connectivity index (χ0n) is 10.7. The summed E-state index contributed by atoms with van der Waals surface area (Å²) in [5.74, 6) is 1.19. The molecule has 102 valence electrons. The molecule has 1 N–H and O–H groups in total. The first-order chi connectivity index (χ1) is 10.4. The van der Waals surface area contributed by atoms with E-state index < -0.39 is 0 Å². The Bertz CT molecular complexity index is 848. The molecule has 0 radical (unpaired) electrons. The Hall–Kier alpha value is -3.29. The molecule has 0 spiro atoms. The summed E-state index contributed by atoms with van der Waals surface area (Å²) in [5.41, 5.74) is 1.69. The first-order valence-corrected chi connectivity index (χ1v) is 6.20. The zero-order valence-corrected chi connectivity index (χ0v) is 10.7. The maximum Gasteiger partial charge on any atom is 0.261 e. The Labute approximate surface area is 118 Å². The van der Waals surface area contributed by atoms with Gasteiger partial charge in [0.15, 0.2) is 5.82 Å². The standard InChI is InChI=1S/C13H9N7O/c1-2-4-10(5-3-1)20-7-9(6-16-20)13-17-12(19-21-13)11-14-8-15-18-11/h1-8H,(H,14,15,18). The topological polar surface area (TPSA) is 98.3 Å². The summed E-state index contributed by atoms with van der Waals surface area (Å²) >= 11 is 0. The summed E-state index contributed by atoms with van der Waals surface area (Å²) in [6, 6.07) is 9.78. The van der Waals surface area contributed by atoms with Crippen LogP contribution in [-0.4, -0.2) is 35.1 Å². The third-order valence-electron chi connectivity index (χ3n) is 2.90. The predicted octanol–water partition coefficient (Wildman–Crippen LogP) is 1.71. The maximum atomic E-state index is 5.22. The van der Waals surface area contributed by atoms with Gasteiger partial charge in [0.05, 0.1) is 17.4 Å². The lowest BCUT2D eigenvalue weighted by Crippen LogP contribution is -1.92. The molecule has 1 aromatic carbocycles. The van der Waals surface area contributed by atoms with Gasteiger partial charge >= 0.3 is 0 Å². The molecule has 4 rings (SSSR count). The molecule has 0 fully saturated rings. The van der Waals surface area contributed by atoms with E-state index in [0.717, 1.165) is 11.3 Å². The van der Waals surface area contributed by atoms with Crippen LogP contribution in [0, 0.1) is 0 Å². The van der Waals surface area contributed by atoms with Crippen molar-refractivity contribution >= 4 is 0 Å². The molecule has 0 unspecified atom stereocenters. The molecule has 3 aromatic heterocycles. The van der Waals surface area contributed by atoms with Crippen LogP contribution < -0.4 is 0 Å². The van der Waals surface area contributed by atoms with Gasteiger partial charge in [-0.2, -0.15) is 15.2 Å². The van der Waals surface area contributed by atoms with E-state index in [-0.39, 0.29) is 0 Å². The SMILES string of the molecule is c1ccc(-n2cc(-c3nc(-c4ncn[nH]4)no3)cn2)cc1. The molecule has 0 saturated heterocycles. The summed E-state index contributed by atoms with van der Waals surface area (Å²) < 4.78 is 6.97. The van der Waals surface area contributed by atoms with Gasteiger partial charge in [0.2, 0.25) is 5.82 Å². The second kappa shape index (κ2) is 4.67. The van der Waals surface area contributed by atoms with Crippen LogP contribution in [0.25, 0.3) is 28.8 Å². The summed E-state index contributed by atoms with van der Waals surface area (Å²) in [6.07, 6.45) is 4.89. The highest BCUT2D eigenvalue weighted by Crippen LogP contribution is 2.20. The number of benzene rings is 1. The average Bonchev–Trinajstić information content (AvgIpc) is 3.27. The summed E-state index contributed by atoms with van der Waals surface area (Å²) in [7, 11) is 0. The highest BCUT2D eigenvalue weighted by atomic mass is 16.5. The summed E-state index contributed by atoms with van der Waals surface area (Å²) in [4.78, 5) is 8.24. The molecule has 0 aliphatic rings. The minimum atomic E-state index is 0.356. The fraction of sp³-hybridized carbons (Fsp3) is 0. The van der Waals surface area contributed by atoms with Crippen LogP contribution in [0.4, 0.5) is 0 Å². The van der Waals surface area contributed by atoms with Crippen LogP contribution in [0.1, 0.15) is 0 Å². The van der Waals surface area contributed by atoms with E-state index in [1.54, 1.807) is 10.9 Å². The van der Waals surface area contributed by atoms with Crippen molar-refractivity contribution in [3.63, 3.8) is 0 Å². The van der Waals surface area contributed by atoms with Crippen LogP contribution in [0.15, 0.2) is 53.6 Å². The number of hydrogen-bond acceptors (Lipinski definition) is 6. The fourth-order valence-corrected chi connectivity index (χ4v) is 1.91. The normalized spacial score (nSPS) is 10.9. The van der Waals surface area contributed by atoms with Crippen molar-refractivity contribution in [2.24, 2.45) is 0 Å². The van der Waals surface area contributed by atoms with Crippen LogP contribution in [0.5, 0.6) is 0 Å². The lowest BCUT2D eigenvalue weighted by atomic mass is 10.3. The molecule has 3 heterocycles. The van der Waals surface area contributed by atoms with E-state index in [4.69, 9.17) is 4.52 Å². The van der Waals surface area contributed by atoms with Crippen molar-refractivity contribution in [2.45, 2.75) is 0 Å². The van der Waals surface area contributed by atoms with Crippen molar-refractivity contribution in [2.75, 3.05) is 0 Å². The Balaban J connectivity index is 1.67. The Kier molecular flexibility index (Phi) is 2.57. The van der Waals surface area contributed by atoms with Gasteiger partial charge in [0.1, 0.15) is 6.33 Å². The van der Waals surface area contributed by atoms with Crippen molar-refractivity contribution in [1.29, 1.82) is 0 Å². The monoisotopic (exact) mass is 279 g/mol. The molecule has 8 nitrogen and oxygen atoms in total. The summed E-state index contributed by atoms with van der Waals surface area (Å²) in [5, 5.41) is 14.6. The first-order valence-electron chi connectivity index (χ1n) is 6.20. The minimum absolute atomic E-state index is 0.356. The second-order valence-corrected chi connectivity index (χ2v) is 4.27. The van der Waals surface area contributed by atoms with Crippen LogP contribution in [0.3, 0.4) is 0 Å². The van der Waals surface area contributed by atoms with Gasteiger partial charge in [-0.15, -0.1) is 0 Å². The average molecular weight is 279 g/mol. The highest BCUT2D eigenvalue weighted by molar-refractivity contribution is 5.54.